The van der Waals surface area contributed by atoms with Crippen molar-refractivity contribution in [1.29, 1.82) is 0 Å². The van der Waals surface area contributed by atoms with Crippen LogP contribution in [0.25, 0.3) is 0 Å². The zero-order chi connectivity index (χ0) is 43.1. The van der Waals surface area contributed by atoms with Crippen molar-refractivity contribution in [3.8, 4) is 0 Å². The first kappa shape index (κ1) is 57.8. The number of nitrogens with one attached hydrogen (secondary N) is 1. The lowest BCUT2D eigenvalue weighted by Crippen LogP contribution is -2.32. The third-order valence-corrected chi connectivity index (χ3v) is 11.9. The largest absolute Gasteiger partial charge is 0.462 e. The maximum atomic E-state index is 12.8. The fourth-order valence-electron chi connectivity index (χ4n) is 8.09. The molecule has 0 aromatic rings. The third kappa shape index (κ3) is 43.2. The number of ether oxygens (including phenoxy) is 4. The summed E-state index contributed by atoms with van der Waals surface area (Å²) in [5, 5.41) is 2.97. The van der Waals surface area contributed by atoms with Gasteiger partial charge in [0.05, 0.1) is 0 Å². The highest BCUT2D eigenvalue weighted by molar-refractivity contribution is 5.77. The van der Waals surface area contributed by atoms with Crippen molar-refractivity contribution in [3.05, 3.63) is 0 Å². The van der Waals surface area contributed by atoms with E-state index in [1.54, 1.807) is 7.11 Å². The van der Waals surface area contributed by atoms with Crippen LogP contribution in [0.15, 0.2) is 0 Å². The molecule has 0 fully saturated rings. The van der Waals surface area contributed by atoms with Gasteiger partial charge in [0.25, 0.3) is 0 Å². The lowest BCUT2D eigenvalue weighted by molar-refractivity contribution is -0.150. The molecule has 0 unspecified atom stereocenters. The highest BCUT2D eigenvalue weighted by Crippen LogP contribution is 2.21. The van der Waals surface area contributed by atoms with Crippen molar-refractivity contribution in [3.63, 3.8) is 0 Å². The molecule has 0 saturated heterocycles. The Morgan fingerprint density at radius 3 is 1.54 bits per heavy atom. The van der Waals surface area contributed by atoms with Crippen molar-refractivity contribution < 1.29 is 30.0 Å². The number of amides is 1. The van der Waals surface area contributed by atoms with Crippen LogP contribution >= 0.6 is 0 Å². The molecule has 8 heteroatoms. The number of carbonyl (C=O) groups excluding carboxylic acids is 2. The van der Waals surface area contributed by atoms with Gasteiger partial charge in [-0.3, -0.25) is 9.59 Å². The molecule has 0 saturated carbocycles. The Kier molecular flexibility index (Phi) is 46.8. The van der Waals surface area contributed by atoms with Crippen LogP contribution in [0.2, 0.25) is 0 Å². The minimum absolute atomic E-state index is 0. The number of esters is 1. The van der Waals surface area contributed by atoms with Gasteiger partial charge < -0.3 is 29.2 Å². The van der Waals surface area contributed by atoms with Gasteiger partial charge in [-0.2, -0.15) is 0 Å². The van der Waals surface area contributed by atoms with Gasteiger partial charge in [-0.05, 0) is 89.8 Å². The first-order valence-corrected chi connectivity index (χ1v) is 25.8. The maximum absolute atomic E-state index is 12.8. The lowest BCUT2D eigenvalue weighted by atomic mass is 9.93. The van der Waals surface area contributed by atoms with Gasteiger partial charge in [0.15, 0.2) is 0 Å². The van der Waals surface area contributed by atoms with Gasteiger partial charge in [0, 0.05) is 34.7 Å². The maximum Gasteiger partial charge on any atom is 0.306 e. The zero-order valence-corrected chi connectivity index (χ0v) is 40.2. The summed E-state index contributed by atoms with van der Waals surface area (Å²) in [6.45, 7) is 15.2. The monoisotopic (exact) mass is 841 g/mol. The van der Waals surface area contributed by atoms with Gasteiger partial charge in [-0.25, -0.2) is 0 Å². The second-order valence-electron chi connectivity index (χ2n) is 17.7. The lowest BCUT2D eigenvalue weighted by Gasteiger charge is -2.22. The molecule has 8 nitrogen and oxygen atoms in total. The molecular formula is C51H104N2O6. The quantitative estimate of drug-likeness (QED) is 0.0371. The molecular weight excluding hydrogens is 737 g/mol. The summed E-state index contributed by atoms with van der Waals surface area (Å²) in [7, 11) is 1.56. The summed E-state index contributed by atoms with van der Waals surface area (Å²) in [5.74, 6) is 0.793. The van der Waals surface area contributed by atoms with Crippen LogP contribution in [0.4, 0.5) is 0 Å². The van der Waals surface area contributed by atoms with E-state index in [9.17, 15) is 9.59 Å². The van der Waals surface area contributed by atoms with E-state index in [0.29, 0.717) is 19.8 Å². The van der Waals surface area contributed by atoms with Gasteiger partial charge in [0.2, 0.25) is 5.91 Å². The number of nitrogens with zero attached hydrogens (tertiary/aromatic N) is 1. The average molecular weight is 841 g/mol. The molecule has 1 N–H and O–H groups in total. The van der Waals surface area contributed by atoms with E-state index in [0.717, 1.165) is 77.3 Å². The van der Waals surface area contributed by atoms with E-state index in [-0.39, 0.29) is 26.0 Å². The van der Waals surface area contributed by atoms with Crippen molar-refractivity contribution in [2.24, 2.45) is 5.92 Å². The predicted octanol–water partition coefficient (Wildman–Crippen LogP) is 14.2. The molecule has 0 aliphatic heterocycles. The molecule has 1 amide bonds. The molecule has 0 bridgehead atoms. The fourth-order valence-corrected chi connectivity index (χ4v) is 8.09. The Hall–Kier alpha value is -1.22. The molecule has 0 aliphatic carbocycles. The number of rotatable bonds is 49. The van der Waals surface area contributed by atoms with E-state index in [4.69, 9.17) is 18.9 Å². The van der Waals surface area contributed by atoms with Crippen molar-refractivity contribution in [2.45, 2.75) is 252 Å². The fraction of sp³-hybridized carbons (Fsp3) is 0.961. The topological polar surface area (TPSA) is 86.3 Å². The Bertz CT molecular complexity index is 844. The number of carbonyl (C=O) groups is 2. The van der Waals surface area contributed by atoms with Crippen LogP contribution in [0.3, 0.4) is 0 Å². The normalized spacial score (nSPS) is 11.7. The standard InChI is InChI=1S/C51H102N2O6.H2/c1-6-10-14-16-21-27-36-49(37-28-22-17-15-11-7-2)59-51(55)38-29-23-20-25-31-42-53(43-33-40-52-50(54)46-56-5)41-30-24-18-19-26-32-44-57-47-58-45-39-48(34-12-8-3)35-13-9-4;/h48-49H,6-47H2,1-5H3,(H,52,54);1H. The van der Waals surface area contributed by atoms with Crippen molar-refractivity contribution in [1.82, 2.24) is 10.2 Å². The second kappa shape index (κ2) is 47.8. The molecule has 0 radical (unpaired) electrons. The first-order valence-electron chi connectivity index (χ1n) is 25.8. The average Bonchev–Trinajstić information content (AvgIpc) is 3.23. The number of unbranched alkanes of at least 4 members (excludes halogenated alkanes) is 21. The van der Waals surface area contributed by atoms with Gasteiger partial charge in [-0.15, -0.1) is 0 Å². The van der Waals surface area contributed by atoms with E-state index >= 15 is 0 Å². The zero-order valence-electron chi connectivity index (χ0n) is 40.2. The minimum atomic E-state index is -0.0410. The molecule has 59 heavy (non-hydrogen) atoms. The Morgan fingerprint density at radius 1 is 0.508 bits per heavy atom. The second-order valence-corrected chi connectivity index (χ2v) is 17.7. The summed E-state index contributed by atoms with van der Waals surface area (Å²) in [6.07, 6.45) is 41.1. The third-order valence-electron chi connectivity index (χ3n) is 11.9. The van der Waals surface area contributed by atoms with Gasteiger partial charge in [-0.1, -0.05) is 175 Å². The van der Waals surface area contributed by atoms with E-state index in [1.165, 1.54) is 173 Å². The highest BCUT2D eigenvalue weighted by Gasteiger charge is 2.15. The van der Waals surface area contributed by atoms with Crippen LogP contribution in [0.5, 0.6) is 0 Å². The molecule has 0 aliphatic rings. The molecule has 0 atom stereocenters. The van der Waals surface area contributed by atoms with E-state index in [1.807, 2.05) is 0 Å². The van der Waals surface area contributed by atoms with Crippen LogP contribution in [0, 0.1) is 5.92 Å². The van der Waals surface area contributed by atoms with Crippen molar-refractivity contribution in [2.75, 3.05) is 59.9 Å². The molecule has 354 valence electrons. The summed E-state index contributed by atoms with van der Waals surface area (Å²) < 4.78 is 22.6. The number of methoxy groups -OCH3 is 1. The van der Waals surface area contributed by atoms with Crippen LogP contribution in [-0.2, 0) is 28.5 Å². The Morgan fingerprint density at radius 2 is 0.983 bits per heavy atom. The van der Waals surface area contributed by atoms with Crippen LogP contribution < -0.4 is 5.32 Å². The van der Waals surface area contributed by atoms with E-state index < -0.39 is 0 Å². The molecule has 0 spiro atoms. The first-order chi connectivity index (χ1) is 29.0. The molecule has 0 rings (SSSR count). The summed E-state index contributed by atoms with van der Waals surface area (Å²) in [5.41, 5.74) is 0. The molecule has 0 aromatic heterocycles. The highest BCUT2D eigenvalue weighted by atomic mass is 16.7. The van der Waals surface area contributed by atoms with Crippen molar-refractivity contribution >= 4 is 11.9 Å². The van der Waals surface area contributed by atoms with Gasteiger partial charge in [0.1, 0.15) is 19.5 Å². The minimum Gasteiger partial charge on any atom is -0.462 e. The summed E-state index contributed by atoms with van der Waals surface area (Å²) in [6, 6.07) is 0. The summed E-state index contributed by atoms with van der Waals surface area (Å²) in [4.78, 5) is 27.3. The predicted molar refractivity (Wildman–Crippen MR) is 253 cm³/mol. The molecule has 0 heterocycles. The summed E-state index contributed by atoms with van der Waals surface area (Å²) >= 11 is 0. The Balaban J connectivity index is 0. The Labute approximate surface area is 369 Å². The smallest absolute Gasteiger partial charge is 0.306 e. The number of hydrogen-bond acceptors (Lipinski definition) is 7. The SMILES string of the molecule is CCCCCCCCC(CCCCCCCC)OC(=O)CCCCCCCN(CCCCCCCCOCOCCC(CCCC)CCCC)CCCNC(=O)COC.[HH]. The molecule has 0 aromatic carbocycles. The van der Waals surface area contributed by atoms with Crippen LogP contribution in [-0.4, -0.2) is 82.8 Å². The van der Waals surface area contributed by atoms with E-state index in [2.05, 4.69) is 37.9 Å². The number of hydrogen-bond donors (Lipinski definition) is 1. The van der Waals surface area contributed by atoms with Gasteiger partial charge >= 0.3 is 5.97 Å². The van der Waals surface area contributed by atoms with Crippen LogP contribution in [0.1, 0.15) is 247 Å².